The number of amides is 1. The summed E-state index contributed by atoms with van der Waals surface area (Å²) in [6, 6.07) is -0.535. The molecule has 0 spiro atoms. The van der Waals surface area contributed by atoms with Gasteiger partial charge in [-0.15, -0.1) is 0 Å². The fraction of sp³-hybridized carbons (Fsp3) is 0.857. The smallest absolute Gasteiger partial charge is 0.220 e. The van der Waals surface area contributed by atoms with Crippen LogP contribution in [0.5, 0.6) is 0 Å². The molecular formula is C35H67NO3. The topological polar surface area (TPSA) is 69.6 Å². The lowest BCUT2D eigenvalue weighted by Gasteiger charge is -2.22. The maximum Gasteiger partial charge on any atom is 0.220 e. The minimum atomic E-state index is -0.657. The summed E-state index contributed by atoms with van der Waals surface area (Å²) in [7, 11) is 0. The highest BCUT2D eigenvalue weighted by atomic mass is 16.3. The molecule has 2 atom stereocenters. The molecule has 39 heavy (non-hydrogen) atoms. The SMILES string of the molecule is CCCCCC/C=C\C/C=C\CCCCCCCCCC(=O)NC(CO)C(O)CCCCCCCCCCC. The second-order valence-corrected chi connectivity index (χ2v) is 11.6. The van der Waals surface area contributed by atoms with Gasteiger partial charge in [-0.1, -0.05) is 147 Å². The van der Waals surface area contributed by atoms with Crippen molar-refractivity contribution >= 4 is 5.91 Å². The van der Waals surface area contributed by atoms with Gasteiger partial charge in [-0.3, -0.25) is 4.79 Å². The first-order valence-corrected chi connectivity index (χ1v) is 17.0. The molecule has 0 rings (SSSR count). The van der Waals surface area contributed by atoms with Crippen molar-refractivity contribution in [1.29, 1.82) is 0 Å². The molecule has 2 unspecified atom stereocenters. The van der Waals surface area contributed by atoms with E-state index >= 15 is 0 Å². The van der Waals surface area contributed by atoms with Gasteiger partial charge in [0.25, 0.3) is 0 Å². The molecule has 0 aromatic rings. The third-order valence-corrected chi connectivity index (χ3v) is 7.72. The minimum absolute atomic E-state index is 0.0432. The molecule has 0 saturated heterocycles. The van der Waals surface area contributed by atoms with Crippen LogP contribution in [0.3, 0.4) is 0 Å². The van der Waals surface area contributed by atoms with Crippen LogP contribution in [0.15, 0.2) is 24.3 Å². The van der Waals surface area contributed by atoms with E-state index in [0.29, 0.717) is 12.8 Å². The summed E-state index contributed by atoms with van der Waals surface area (Å²) in [4.78, 5) is 12.3. The minimum Gasteiger partial charge on any atom is -0.394 e. The van der Waals surface area contributed by atoms with E-state index in [-0.39, 0.29) is 12.5 Å². The van der Waals surface area contributed by atoms with Crippen LogP contribution in [0, 0.1) is 0 Å². The van der Waals surface area contributed by atoms with Gasteiger partial charge in [0, 0.05) is 6.42 Å². The molecule has 0 fully saturated rings. The van der Waals surface area contributed by atoms with Crippen molar-refractivity contribution in [3.05, 3.63) is 24.3 Å². The average molecular weight is 550 g/mol. The summed E-state index contributed by atoms with van der Waals surface area (Å²) in [5.41, 5.74) is 0. The van der Waals surface area contributed by atoms with E-state index in [0.717, 1.165) is 32.1 Å². The summed E-state index contributed by atoms with van der Waals surface area (Å²) in [5.74, 6) is -0.0432. The first kappa shape index (κ1) is 37.9. The number of rotatable bonds is 30. The third-order valence-electron chi connectivity index (χ3n) is 7.72. The molecule has 0 bridgehead atoms. The summed E-state index contributed by atoms with van der Waals surface area (Å²) in [5, 5.41) is 22.9. The van der Waals surface area contributed by atoms with Crippen LogP contribution in [0.1, 0.15) is 174 Å². The van der Waals surface area contributed by atoms with E-state index in [2.05, 4.69) is 43.5 Å². The predicted molar refractivity (Wildman–Crippen MR) is 170 cm³/mol. The Bertz CT molecular complexity index is 560. The quantitative estimate of drug-likeness (QED) is 0.0617. The Morgan fingerprint density at radius 3 is 1.56 bits per heavy atom. The zero-order chi connectivity index (χ0) is 28.7. The lowest BCUT2D eigenvalue weighted by molar-refractivity contribution is -0.123. The lowest BCUT2D eigenvalue weighted by atomic mass is 10.0. The van der Waals surface area contributed by atoms with Gasteiger partial charge in [0.1, 0.15) is 0 Å². The maximum absolute atomic E-state index is 12.3. The van der Waals surface area contributed by atoms with E-state index in [1.807, 2.05) is 0 Å². The second kappa shape index (κ2) is 31.4. The highest BCUT2D eigenvalue weighted by Gasteiger charge is 2.19. The normalized spacial score (nSPS) is 13.4. The number of carbonyl (C=O) groups is 1. The van der Waals surface area contributed by atoms with Crippen molar-refractivity contribution in [2.45, 2.75) is 187 Å². The molecule has 230 valence electrons. The Morgan fingerprint density at radius 2 is 1.05 bits per heavy atom. The Morgan fingerprint density at radius 1 is 0.615 bits per heavy atom. The summed E-state index contributed by atoms with van der Waals surface area (Å²) < 4.78 is 0. The molecule has 0 aliphatic rings. The molecule has 0 heterocycles. The van der Waals surface area contributed by atoms with E-state index in [9.17, 15) is 15.0 Å². The monoisotopic (exact) mass is 550 g/mol. The Kier molecular flexibility index (Phi) is 30.5. The van der Waals surface area contributed by atoms with Crippen molar-refractivity contribution < 1.29 is 15.0 Å². The van der Waals surface area contributed by atoms with E-state index in [1.165, 1.54) is 116 Å². The van der Waals surface area contributed by atoms with Gasteiger partial charge >= 0.3 is 0 Å². The maximum atomic E-state index is 12.3. The first-order valence-electron chi connectivity index (χ1n) is 17.0. The number of aliphatic hydroxyl groups is 2. The van der Waals surface area contributed by atoms with Gasteiger partial charge in [-0.2, -0.15) is 0 Å². The van der Waals surface area contributed by atoms with Gasteiger partial charge in [-0.05, 0) is 44.9 Å². The standard InChI is InChI=1S/C35H67NO3/c1-3-5-7-9-11-13-14-15-16-17-18-19-20-21-23-25-27-29-31-35(39)36-33(32-37)34(38)30-28-26-24-22-12-10-8-6-4-2/h13-14,16-17,33-34,37-38H,3-12,15,18-32H2,1-2H3,(H,36,39)/b14-13-,17-16-. The molecule has 0 aromatic carbocycles. The van der Waals surface area contributed by atoms with Crippen LogP contribution in [0.2, 0.25) is 0 Å². The van der Waals surface area contributed by atoms with Gasteiger partial charge in [0.05, 0.1) is 18.8 Å². The van der Waals surface area contributed by atoms with E-state index in [4.69, 9.17) is 0 Å². The molecule has 0 saturated carbocycles. The summed E-state index contributed by atoms with van der Waals surface area (Å²) in [6.45, 7) is 4.30. The molecule has 0 aliphatic carbocycles. The van der Waals surface area contributed by atoms with Gasteiger partial charge in [0.2, 0.25) is 5.91 Å². The van der Waals surface area contributed by atoms with Crippen LogP contribution < -0.4 is 5.32 Å². The molecule has 0 radical (unpaired) electrons. The number of hydrogen-bond acceptors (Lipinski definition) is 3. The fourth-order valence-corrected chi connectivity index (χ4v) is 5.04. The molecule has 4 heteroatoms. The average Bonchev–Trinajstić information content (AvgIpc) is 2.94. The highest BCUT2D eigenvalue weighted by molar-refractivity contribution is 5.76. The molecular weight excluding hydrogens is 482 g/mol. The van der Waals surface area contributed by atoms with Gasteiger partial charge in [0.15, 0.2) is 0 Å². The van der Waals surface area contributed by atoms with Crippen LogP contribution >= 0.6 is 0 Å². The third kappa shape index (κ3) is 28.2. The van der Waals surface area contributed by atoms with Crippen molar-refractivity contribution in [2.75, 3.05) is 6.61 Å². The van der Waals surface area contributed by atoms with Gasteiger partial charge < -0.3 is 15.5 Å². The number of carbonyl (C=O) groups excluding carboxylic acids is 1. The van der Waals surface area contributed by atoms with Crippen LogP contribution in [0.25, 0.3) is 0 Å². The zero-order valence-corrected chi connectivity index (χ0v) is 26.2. The zero-order valence-electron chi connectivity index (χ0n) is 26.2. The molecule has 0 aromatic heterocycles. The van der Waals surface area contributed by atoms with Crippen molar-refractivity contribution in [3.63, 3.8) is 0 Å². The number of unbranched alkanes of at least 4 members (excludes halogenated alkanes) is 19. The first-order chi connectivity index (χ1) is 19.2. The number of allylic oxidation sites excluding steroid dienone is 4. The number of hydrogen-bond donors (Lipinski definition) is 3. The van der Waals surface area contributed by atoms with E-state index < -0.39 is 12.1 Å². The second-order valence-electron chi connectivity index (χ2n) is 11.6. The van der Waals surface area contributed by atoms with Crippen LogP contribution in [0.4, 0.5) is 0 Å². The van der Waals surface area contributed by atoms with Crippen molar-refractivity contribution in [1.82, 2.24) is 5.32 Å². The Hall–Kier alpha value is -1.13. The summed E-state index contributed by atoms with van der Waals surface area (Å²) >= 11 is 0. The molecule has 0 aliphatic heterocycles. The van der Waals surface area contributed by atoms with Crippen LogP contribution in [-0.4, -0.2) is 34.9 Å². The highest BCUT2D eigenvalue weighted by Crippen LogP contribution is 2.14. The summed E-state index contributed by atoms with van der Waals surface area (Å²) in [6.07, 6.45) is 38.0. The fourth-order valence-electron chi connectivity index (χ4n) is 5.04. The van der Waals surface area contributed by atoms with Crippen LogP contribution in [-0.2, 0) is 4.79 Å². The van der Waals surface area contributed by atoms with Crippen molar-refractivity contribution in [2.24, 2.45) is 0 Å². The number of aliphatic hydroxyl groups excluding tert-OH is 2. The largest absolute Gasteiger partial charge is 0.394 e. The molecule has 4 nitrogen and oxygen atoms in total. The Labute approximate surface area is 243 Å². The predicted octanol–water partition coefficient (Wildman–Crippen LogP) is 9.73. The molecule has 3 N–H and O–H groups in total. The Balaban J connectivity index is 3.58. The lowest BCUT2D eigenvalue weighted by Crippen LogP contribution is -2.45. The van der Waals surface area contributed by atoms with E-state index in [1.54, 1.807) is 0 Å². The number of nitrogens with one attached hydrogen (secondary N) is 1. The van der Waals surface area contributed by atoms with Crippen molar-refractivity contribution in [3.8, 4) is 0 Å². The molecule has 1 amide bonds. The van der Waals surface area contributed by atoms with Gasteiger partial charge in [-0.25, -0.2) is 0 Å².